The Kier molecular flexibility index (Phi) is 3.26. The monoisotopic (exact) mass is 304 g/mol. The quantitative estimate of drug-likeness (QED) is 0.670. The highest BCUT2D eigenvalue weighted by atomic mass is 35.5. The molecule has 1 aromatic rings. The fraction of sp³-hybridized carbons (Fsp3) is 0.684. The summed E-state index contributed by atoms with van der Waals surface area (Å²) in [5.74, 6) is 3.80. The van der Waals surface area contributed by atoms with Gasteiger partial charge in [-0.2, -0.15) is 0 Å². The Bertz CT molecular complexity index is 515. The molecule has 2 heteroatoms. The molecule has 0 spiro atoms. The topological polar surface area (TPSA) is 9.23 Å². The van der Waals surface area contributed by atoms with Gasteiger partial charge in [-0.1, -0.05) is 6.07 Å². The molecule has 1 atom stereocenters. The predicted molar refractivity (Wildman–Crippen MR) is 86.9 cm³/mol. The van der Waals surface area contributed by atoms with E-state index in [9.17, 15) is 0 Å². The van der Waals surface area contributed by atoms with Gasteiger partial charge in [0.2, 0.25) is 0 Å². The first-order valence-electron chi connectivity index (χ1n) is 8.38. The van der Waals surface area contributed by atoms with Crippen molar-refractivity contribution in [3.8, 4) is 5.75 Å². The highest BCUT2D eigenvalue weighted by molar-refractivity contribution is 6.21. The molecule has 114 valence electrons. The summed E-state index contributed by atoms with van der Waals surface area (Å²) in [5.41, 5.74) is 2.99. The maximum absolute atomic E-state index is 7.09. The highest BCUT2D eigenvalue weighted by Gasteiger charge is 2.54. The summed E-state index contributed by atoms with van der Waals surface area (Å²) in [6, 6.07) is 6.40. The molecule has 4 fully saturated rings. The molecule has 1 nitrogen and oxygen atoms in total. The van der Waals surface area contributed by atoms with E-state index >= 15 is 0 Å². The molecule has 4 aliphatic rings. The van der Waals surface area contributed by atoms with Crippen LogP contribution in [0.1, 0.15) is 55.0 Å². The molecule has 0 N–H and O–H groups in total. The lowest BCUT2D eigenvalue weighted by Crippen LogP contribution is -2.47. The van der Waals surface area contributed by atoms with Crippen molar-refractivity contribution in [2.24, 2.45) is 23.2 Å². The zero-order chi connectivity index (χ0) is 14.6. The lowest BCUT2D eigenvalue weighted by atomic mass is 9.48. The van der Waals surface area contributed by atoms with Gasteiger partial charge in [-0.3, -0.25) is 0 Å². The van der Waals surface area contributed by atoms with Crippen molar-refractivity contribution in [2.45, 2.75) is 50.8 Å². The molecule has 0 amide bonds. The smallest absolute Gasteiger partial charge is 0.119 e. The second-order valence-corrected chi connectivity index (χ2v) is 8.30. The van der Waals surface area contributed by atoms with Gasteiger partial charge in [-0.05, 0) is 91.9 Å². The van der Waals surface area contributed by atoms with Crippen LogP contribution >= 0.6 is 11.6 Å². The van der Waals surface area contributed by atoms with Gasteiger partial charge in [0.15, 0.2) is 0 Å². The molecule has 4 bridgehead atoms. The van der Waals surface area contributed by atoms with E-state index in [1.54, 1.807) is 7.11 Å². The maximum Gasteiger partial charge on any atom is 0.119 e. The number of halogens is 1. The number of hydrogen-bond acceptors (Lipinski definition) is 1. The van der Waals surface area contributed by atoms with Crippen molar-refractivity contribution in [3.05, 3.63) is 29.3 Å². The predicted octanol–water partition coefficient (Wildman–Crippen LogP) is 5.50. The number of benzene rings is 1. The third kappa shape index (κ3) is 2.20. The number of aryl methyl sites for hydroxylation is 1. The van der Waals surface area contributed by atoms with Crippen molar-refractivity contribution < 1.29 is 4.74 Å². The summed E-state index contributed by atoms with van der Waals surface area (Å²) in [6.45, 7) is 2.17. The van der Waals surface area contributed by atoms with Crippen LogP contribution in [0.3, 0.4) is 0 Å². The van der Waals surface area contributed by atoms with Crippen LogP contribution in [-0.4, -0.2) is 7.11 Å². The van der Waals surface area contributed by atoms with Crippen LogP contribution in [0.5, 0.6) is 5.75 Å². The van der Waals surface area contributed by atoms with Gasteiger partial charge in [0.25, 0.3) is 0 Å². The first-order chi connectivity index (χ1) is 10.1. The second kappa shape index (κ2) is 4.91. The molecule has 4 saturated carbocycles. The number of alkyl halides is 1. The molecule has 0 radical (unpaired) electrons. The molecule has 21 heavy (non-hydrogen) atoms. The van der Waals surface area contributed by atoms with Crippen LogP contribution in [-0.2, 0) is 0 Å². The third-order valence-electron chi connectivity index (χ3n) is 6.37. The lowest BCUT2D eigenvalue weighted by Gasteiger charge is -2.58. The van der Waals surface area contributed by atoms with Crippen LogP contribution in [0.25, 0.3) is 0 Å². The van der Waals surface area contributed by atoms with Gasteiger partial charge in [-0.25, -0.2) is 0 Å². The second-order valence-electron chi connectivity index (χ2n) is 7.87. The Morgan fingerprint density at radius 2 is 1.67 bits per heavy atom. The fourth-order valence-electron chi connectivity index (χ4n) is 5.88. The van der Waals surface area contributed by atoms with Crippen molar-refractivity contribution in [1.29, 1.82) is 0 Å². The van der Waals surface area contributed by atoms with Crippen molar-refractivity contribution in [2.75, 3.05) is 7.11 Å². The van der Waals surface area contributed by atoms with Crippen molar-refractivity contribution in [3.63, 3.8) is 0 Å². The van der Waals surface area contributed by atoms with Gasteiger partial charge in [-0.15, -0.1) is 11.6 Å². The molecule has 0 saturated heterocycles. The first-order valence-corrected chi connectivity index (χ1v) is 8.82. The summed E-state index contributed by atoms with van der Waals surface area (Å²) < 4.78 is 5.34. The molecular weight excluding hydrogens is 280 g/mol. The largest absolute Gasteiger partial charge is 0.497 e. The van der Waals surface area contributed by atoms with Crippen LogP contribution < -0.4 is 4.74 Å². The zero-order valence-electron chi connectivity index (χ0n) is 13.1. The molecular formula is C19H25ClO. The SMILES string of the molecule is COc1ccc(C(Cl)C23CC4CC(CC(C4)C2)C3)c(C)c1. The Morgan fingerprint density at radius 3 is 2.14 bits per heavy atom. The fourth-order valence-corrected chi connectivity index (χ4v) is 6.39. The van der Waals surface area contributed by atoms with E-state index in [0.29, 0.717) is 5.41 Å². The zero-order valence-corrected chi connectivity index (χ0v) is 13.8. The van der Waals surface area contributed by atoms with Crippen LogP contribution in [0, 0.1) is 30.1 Å². The Labute approximate surface area is 133 Å². The van der Waals surface area contributed by atoms with E-state index in [-0.39, 0.29) is 5.38 Å². The number of hydrogen-bond donors (Lipinski definition) is 0. The Hall–Kier alpha value is -0.690. The summed E-state index contributed by atoms with van der Waals surface area (Å²) in [6.07, 6.45) is 8.51. The standard InChI is InChI=1S/C19H25ClO/c1-12-5-16(21-2)3-4-17(12)18(20)19-9-13-6-14(10-19)8-15(7-13)11-19/h3-5,13-15,18H,6-11H2,1-2H3. The molecule has 4 aliphatic carbocycles. The summed E-state index contributed by atoms with van der Waals surface area (Å²) in [4.78, 5) is 0. The number of methoxy groups -OCH3 is 1. The summed E-state index contributed by atoms with van der Waals surface area (Å²) >= 11 is 7.09. The van der Waals surface area contributed by atoms with Crippen LogP contribution in [0.4, 0.5) is 0 Å². The van der Waals surface area contributed by atoms with Gasteiger partial charge in [0.1, 0.15) is 5.75 Å². The van der Waals surface area contributed by atoms with E-state index < -0.39 is 0 Å². The molecule has 1 aromatic carbocycles. The van der Waals surface area contributed by atoms with Gasteiger partial charge in [0.05, 0.1) is 12.5 Å². The van der Waals surface area contributed by atoms with Gasteiger partial charge < -0.3 is 4.74 Å². The number of ether oxygens (including phenoxy) is 1. The summed E-state index contributed by atoms with van der Waals surface area (Å²) in [5, 5.41) is 0.178. The maximum atomic E-state index is 7.09. The Balaban J connectivity index is 1.66. The normalized spacial score (nSPS) is 38.5. The van der Waals surface area contributed by atoms with Gasteiger partial charge >= 0.3 is 0 Å². The molecule has 1 unspecified atom stereocenters. The first kappa shape index (κ1) is 13.9. The molecule has 0 heterocycles. The van der Waals surface area contributed by atoms with Crippen LogP contribution in [0.2, 0.25) is 0 Å². The van der Waals surface area contributed by atoms with E-state index in [4.69, 9.17) is 16.3 Å². The average molecular weight is 305 g/mol. The minimum atomic E-state index is 0.178. The number of rotatable bonds is 3. The van der Waals surface area contributed by atoms with E-state index in [1.165, 1.54) is 49.7 Å². The molecule has 5 rings (SSSR count). The average Bonchev–Trinajstić information content (AvgIpc) is 2.45. The summed E-state index contributed by atoms with van der Waals surface area (Å²) in [7, 11) is 1.73. The van der Waals surface area contributed by atoms with E-state index in [2.05, 4.69) is 25.1 Å². The molecule has 0 aromatic heterocycles. The van der Waals surface area contributed by atoms with Crippen LogP contribution in [0.15, 0.2) is 18.2 Å². The molecule has 0 aliphatic heterocycles. The van der Waals surface area contributed by atoms with E-state index in [1.807, 2.05) is 0 Å². The minimum Gasteiger partial charge on any atom is -0.497 e. The van der Waals surface area contributed by atoms with Crippen molar-refractivity contribution >= 4 is 11.6 Å². The van der Waals surface area contributed by atoms with Crippen molar-refractivity contribution in [1.82, 2.24) is 0 Å². The third-order valence-corrected chi connectivity index (χ3v) is 7.07. The lowest BCUT2D eigenvalue weighted by molar-refractivity contribution is -0.0552. The van der Waals surface area contributed by atoms with E-state index in [0.717, 1.165) is 23.5 Å². The Morgan fingerprint density at radius 1 is 1.10 bits per heavy atom. The highest BCUT2D eigenvalue weighted by Crippen LogP contribution is 2.65. The van der Waals surface area contributed by atoms with Gasteiger partial charge in [0, 0.05) is 0 Å². The minimum absolute atomic E-state index is 0.178.